The third kappa shape index (κ3) is 4.17. The van der Waals surface area contributed by atoms with Crippen molar-refractivity contribution in [3.8, 4) is 0 Å². The molecule has 4 nitrogen and oxygen atoms in total. The topological polar surface area (TPSA) is 52.2 Å². The van der Waals surface area contributed by atoms with E-state index in [2.05, 4.69) is 69.4 Å². The van der Waals surface area contributed by atoms with Gasteiger partial charge in [-0.25, -0.2) is 0 Å². The summed E-state index contributed by atoms with van der Waals surface area (Å²) in [6, 6.07) is 10.8. The molecule has 5 heteroatoms. The molecule has 0 saturated carbocycles. The molecule has 0 atom stereocenters. The molecule has 0 unspecified atom stereocenters. The fraction of sp³-hybridized carbons (Fsp3) is 0.316. The molecule has 1 aromatic carbocycles. The number of rotatable bonds is 6. The van der Waals surface area contributed by atoms with E-state index in [9.17, 15) is 0 Å². The number of H-pyrrole nitrogens is 1. The van der Waals surface area contributed by atoms with E-state index in [1.807, 2.05) is 7.05 Å². The summed E-state index contributed by atoms with van der Waals surface area (Å²) in [5.74, 6) is 0.863. The van der Waals surface area contributed by atoms with Gasteiger partial charge in [-0.1, -0.05) is 18.2 Å². The van der Waals surface area contributed by atoms with Crippen molar-refractivity contribution >= 4 is 28.2 Å². The van der Waals surface area contributed by atoms with Crippen LogP contribution in [0, 0.1) is 6.92 Å². The molecule has 0 aliphatic rings. The molecule has 3 aromatic rings. The fourth-order valence-electron chi connectivity index (χ4n) is 2.80. The molecule has 2 aromatic heterocycles. The standard InChI is InChI=1S/C19H24N4S/c1-14-5-6-17-15(13-23-18(17)12-14)7-9-21-19(20-2)22-10-8-16-4-3-11-24-16/h3-6,11-13,23H,7-10H2,1-2H3,(H2,20,21,22). The number of aryl methyl sites for hydroxylation is 1. The highest BCUT2D eigenvalue weighted by Gasteiger charge is 2.04. The Bertz CT molecular complexity index is 802. The minimum atomic E-state index is 0.861. The monoisotopic (exact) mass is 340 g/mol. The maximum Gasteiger partial charge on any atom is 0.190 e. The molecule has 0 fully saturated rings. The Morgan fingerprint density at radius 3 is 2.75 bits per heavy atom. The van der Waals surface area contributed by atoms with E-state index in [1.54, 1.807) is 11.3 Å². The maximum atomic E-state index is 4.29. The van der Waals surface area contributed by atoms with Crippen LogP contribution in [0.15, 0.2) is 46.9 Å². The quantitative estimate of drug-likeness (QED) is 0.475. The minimum absolute atomic E-state index is 0.861. The summed E-state index contributed by atoms with van der Waals surface area (Å²) in [7, 11) is 1.81. The van der Waals surface area contributed by atoms with E-state index in [0.29, 0.717) is 0 Å². The van der Waals surface area contributed by atoms with Crippen LogP contribution in [0.1, 0.15) is 16.0 Å². The van der Waals surface area contributed by atoms with Crippen LogP contribution in [0.25, 0.3) is 10.9 Å². The van der Waals surface area contributed by atoms with Crippen molar-refractivity contribution in [2.75, 3.05) is 20.1 Å². The number of guanidine groups is 1. The molecule has 0 bridgehead atoms. The Morgan fingerprint density at radius 2 is 2.00 bits per heavy atom. The van der Waals surface area contributed by atoms with Crippen molar-refractivity contribution in [1.82, 2.24) is 15.6 Å². The Balaban J connectivity index is 1.47. The molecule has 3 rings (SSSR count). The second-order valence-electron chi connectivity index (χ2n) is 5.87. The van der Waals surface area contributed by atoms with Gasteiger partial charge < -0.3 is 15.6 Å². The number of hydrogen-bond acceptors (Lipinski definition) is 2. The van der Waals surface area contributed by atoms with Crippen molar-refractivity contribution in [3.05, 3.63) is 57.9 Å². The fourth-order valence-corrected chi connectivity index (χ4v) is 3.51. The first-order valence-corrected chi connectivity index (χ1v) is 9.18. The first-order valence-electron chi connectivity index (χ1n) is 8.30. The number of aliphatic imine (C=N–C) groups is 1. The van der Waals surface area contributed by atoms with Crippen LogP contribution in [0.5, 0.6) is 0 Å². The lowest BCUT2D eigenvalue weighted by atomic mass is 10.1. The highest BCUT2D eigenvalue weighted by atomic mass is 32.1. The highest BCUT2D eigenvalue weighted by Crippen LogP contribution is 2.19. The molecule has 0 radical (unpaired) electrons. The van der Waals surface area contributed by atoms with Crippen LogP contribution in [0.3, 0.4) is 0 Å². The first kappa shape index (κ1) is 16.6. The molecule has 0 aliphatic carbocycles. The van der Waals surface area contributed by atoms with Gasteiger partial charge in [-0.15, -0.1) is 11.3 Å². The number of benzene rings is 1. The largest absolute Gasteiger partial charge is 0.361 e. The first-order chi connectivity index (χ1) is 11.8. The minimum Gasteiger partial charge on any atom is -0.361 e. The molecular formula is C19H24N4S. The lowest BCUT2D eigenvalue weighted by Crippen LogP contribution is -2.39. The van der Waals surface area contributed by atoms with E-state index in [1.165, 1.54) is 26.9 Å². The van der Waals surface area contributed by atoms with Gasteiger partial charge in [0.15, 0.2) is 5.96 Å². The summed E-state index contributed by atoms with van der Waals surface area (Å²) in [4.78, 5) is 9.04. The zero-order valence-corrected chi connectivity index (χ0v) is 15.0. The van der Waals surface area contributed by atoms with Gasteiger partial charge in [0.1, 0.15) is 0 Å². The van der Waals surface area contributed by atoms with Crippen molar-refractivity contribution in [3.63, 3.8) is 0 Å². The molecule has 0 saturated heterocycles. The number of fused-ring (bicyclic) bond motifs is 1. The van der Waals surface area contributed by atoms with Crippen LogP contribution in [-0.4, -0.2) is 31.1 Å². The predicted octanol–water partition coefficient (Wildman–Crippen LogP) is 3.49. The molecule has 0 amide bonds. The van der Waals surface area contributed by atoms with Gasteiger partial charge in [0.05, 0.1) is 0 Å². The zero-order chi connectivity index (χ0) is 16.8. The number of nitrogens with zero attached hydrogens (tertiary/aromatic N) is 1. The van der Waals surface area contributed by atoms with Gasteiger partial charge in [0.2, 0.25) is 0 Å². The molecule has 126 valence electrons. The summed E-state index contributed by atoms with van der Waals surface area (Å²) < 4.78 is 0. The maximum absolute atomic E-state index is 4.29. The van der Waals surface area contributed by atoms with Crippen LogP contribution in [-0.2, 0) is 12.8 Å². The molecule has 0 spiro atoms. The van der Waals surface area contributed by atoms with E-state index in [4.69, 9.17) is 0 Å². The van der Waals surface area contributed by atoms with Gasteiger partial charge >= 0.3 is 0 Å². The SMILES string of the molecule is CN=C(NCCc1cccs1)NCCc1c[nH]c2cc(C)ccc12. The Hall–Kier alpha value is -2.27. The Labute approximate surface area is 147 Å². The van der Waals surface area contributed by atoms with Crippen LogP contribution >= 0.6 is 11.3 Å². The molecule has 0 aliphatic heterocycles. The lowest BCUT2D eigenvalue weighted by molar-refractivity contribution is 0.789. The predicted molar refractivity (Wildman–Crippen MR) is 104 cm³/mol. The third-order valence-corrected chi connectivity index (χ3v) is 5.01. The lowest BCUT2D eigenvalue weighted by Gasteiger charge is -2.11. The van der Waals surface area contributed by atoms with E-state index >= 15 is 0 Å². The second-order valence-corrected chi connectivity index (χ2v) is 6.90. The molecule has 3 N–H and O–H groups in total. The summed E-state index contributed by atoms with van der Waals surface area (Å²) in [6.07, 6.45) is 4.10. The molecule has 24 heavy (non-hydrogen) atoms. The normalized spacial score (nSPS) is 11.8. The van der Waals surface area contributed by atoms with Gasteiger partial charge in [-0.2, -0.15) is 0 Å². The van der Waals surface area contributed by atoms with E-state index in [-0.39, 0.29) is 0 Å². The van der Waals surface area contributed by atoms with Crippen LogP contribution in [0.2, 0.25) is 0 Å². The smallest absolute Gasteiger partial charge is 0.190 e. The number of nitrogens with one attached hydrogen (secondary N) is 3. The molecule has 2 heterocycles. The average molecular weight is 340 g/mol. The second kappa shape index (κ2) is 8.02. The van der Waals surface area contributed by atoms with Gasteiger partial charge in [0.25, 0.3) is 0 Å². The summed E-state index contributed by atoms with van der Waals surface area (Å²) in [5, 5.41) is 10.2. The van der Waals surface area contributed by atoms with E-state index in [0.717, 1.165) is 31.9 Å². The van der Waals surface area contributed by atoms with Gasteiger partial charge in [-0.3, -0.25) is 4.99 Å². The summed E-state index contributed by atoms with van der Waals surface area (Å²) >= 11 is 1.80. The number of thiophene rings is 1. The number of aromatic nitrogens is 1. The molecular weight excluding hydrogens is 316 g/mol. The summed E-state index contributed by atoms with van der Waals surface area (Å²) in [6.45, 7) is 3.87. The third-order valence-electron chi connectivity index (χ3n) is 4.08. The van der Waals surface area contributed by atoms with E-state index < -0.39 is 0 Å². The van der Waals surface area contributed by atoms with Crippen LogP contribution in [0.4, 0.5) is 0 Å². The van der Waals surface area contributed by atoms with Gasteiger partial charge in [-0.05, 0) is 48.4 Å². The van der Waals surface area contributed by atoms with Crippen molar-refractivity contribution in [2.24, 2.45) is 4.99 Å². The van der Waals surface area contributed by atoms with Crippen LogP contribution < -0.4 is 10.6 Å². The summed E-state index contributed by atoms with van der Waals surface area (Å²) in [5.41, 5.74) is 3.83. The number of aromatic amines is 1. The Kier molecular flexibility index (Phi) is 5.54. The van der Waals surface area contributed by atoms with Crippen molar-refractivity contribution < 1.29 is 0 Å². The Morgan fingerprint density at radius 1 is 1.17 bits per heavy atom. The average Bonchev–Trinajstić information content (AvgIpc) is 3.23. The number of hydrogen-bond donors (Lipinski definition) is 3. The highest BCUT2D eigenvalue weighted by molar-refractivity contribution is 7.09. The van der Waals surface area contributed by atoms with Crippen molar-refractivity contribution in [2.45, 2.75) is 19.8 Å². The zero-order valence-electron chi connectivity index (χ0n) is 14.2. The van der Waals surface area contributed by atoms with Gasteiger partial charge in [0, 0.05) is 42.1 Å². The van der Waals surface area contributed by atoms with Crippen molar-refractivity contribution in [1.29, 1.82) is 0 Å².